The maximum absolute atomic E-state index is 13.0. The van der Waals surface area contributed by atoms with Crippen LogP contribution in [0.3, 0.4) is 0 Å². The molecular weight excluding hydrogens is 1530 g/mol. The number of carbonyl (C=O) groups excluding carboxylic acids is 3. The van der Waals surface area contributed by atoms with Gasteiger partial charge in [-0.2, -0.15) is 0 Å². The van der Waals surface area contributed by atoms with Gasteiger partial charge < -0.3 is 34.2 Å². The van der Waals surface area contributed by atoms with Crippen LogP contribution in [0, 0.1) is 0 Å². The molecule has 0 aromatic heterocycles. The van der Waals surface area contributed by atoms with Crippen molar-refractivity contribution in [3.05, 3.63) is 146 Å². The highest BCUT2D eigenvalue weighted by Crippen LogP contribution is 2.45. The maximum Gasteiger partial charge on any atom is 0.472 e. The van der Waals surface area contributed by atoms with E-state index in [1.165, 1.54) is 205 Å². The number of esters is 3. The van der Waals surface area contributed by atoms with Gasteiger partial charge in [-0.25, -0.2) is 9.13 Å². The average molecular weight is 1710 g/mol. The maximum atomic E-state index is 13.0. The molecule has 0 aliphatic rings. The van der Waals surface area contributed by atoms with E-state index in [2.05, 4.69) is 167 Å². The summed E-state index contributed by atoms with van der Waals surface area (Å²) in [6.07, 6.45) is 118. The predicted molar refractivity (Wildman–Crippen MR) is 500 cm³/mol. The van der Waals surface area contributed by atoms with Crippen LogP contribution in [-0.4, -0.2) is 95.9 Å². The van der Waals surface area contributed by atoms with E-state index < -0.39 is 91.5 Å². The van der Waals surface area contributed by atoms with E-state index >= 15 is 0 Å². The fourth-order valence-corrected chi connectivity index (χ4v) is 14.8. The number of rotatable bonds is 91. The minimum atomic E-state index is -4.94. The lowest BCUT2D eigenvalue weighted by Gasteiger charge is -2.21. The molecule has 0 aliphatic carbocycles. The van der Waals surface area contributed by atoms with Crippen LogP contribution in [0.2, 0.25) is 0 Å². The van der Waals surface area contributed by atoms with Crippen LogP contribution in [0.15, 0.2) is 146 Å². The minimum Gasteiger partial charge on any atom is -0.463 e. The summed E-state index contributed by atoms with van der Waals surface area (Å²) in [6, 6.07) is 0. The Morgan fingerprint density at radius 1 is 0.244 bits per heavy atom. The number of aliphatic hydroxyl groups is 2. The molecule has 5 atom stereocenters. The largest absolute Gasteiger partial charge is 0.472 e. The SMILES string of the molecule is CC/C=C\C/C=C\C/C=C\C/C=C\C/C=C\C/C=C\CCCCCCCCCCCCCCCCC(=O)OCC(COP(=O)(O)OCC(O)COP(=O)(O)OCC(O)COC(=O)CCCCCCCCCCCCCCCCCCCCC/C=C\C/C=C\C/C=C\C/C=C\CCCCC)OC(=O)CCCCCCC/C=C\C/C=C\CCCCC. The number of carbonyl (C=O) groups is 3. The number of phosphoric ester groups is 2. The zero-order valence-electron chi connectivity index (χ0n) is 75.8. The lowest BCUT2D eigenvalue weighted by atomic mass is 10.0. The fraction of sp³-hybridized carbons (Fsp3) is 0.733. The third-order valence-corrected chi connectivity index (χ3v) is 22.4. The summed E-state index contributed by atoms with van der Waals surface area (Å²) in [6.45, 7) is 2.56. The van der Waals surface area contributed by atoms with E-state index in [4.69, 9.17) is 32.3 Å². The highest BCUT2D eigenvalue weighted by Gasteiger charge is 2.30. The highest BCUT2D eigenvalue weighted by molar-refractivity contribution is 7.47. The lowest BCUT2D eigenvalue weighted by Crippen LogP contribution is -2.30. The normalized spacial score (nSPS) is 14.4. The molecule has 0 aromatic carbocycles. The van der Waals surface area contributed by atoms with Crippen LogP contribution in [0.1, 0.15) is 419 Å². The fourth-order valence-electron chi connectivity index (χ4n) is 13.2. The first-order valence-electron chi connectivity index (χ1n) is 48.1. The van der Waals surface area contributed by atoms with Crippen molar-refractivity contribution in [3.8, 4) is 0 Å². The third-order valence-electron chi connectivity index (χ3n) is 20.5. The first-order chi connectivity index (χ1) is 58.2. The summed E-state index contributed by atoms with van der Waals surface area (Å²) >= 11 is 0. The zero-order chi connectivity index (χ0) is 86.5. The van der Waals surface area contributed by atoms with Gasteiger partial charge in [0.25, 0.3) is 0 Å². The number of allylic oxidation sites excluding steroid dienone is 24. The summed E-state index contributed by atoms with van der Waals surface area (Å²) in [5, 5.41) is 20.7. The Hall–Kier alpha value is -4.57. The number of hydrogen-bond donors (Lipinski definition) is 4. The van der Waals surface area contributed by atoms with Crippen LogP contribution in [0.5, 0.6) is 0 Å². The molecule has 0 saturated heterocycles. The van der Waals surface area contributed by atoms with Crippen molar-refractivity contribution < 1.29 is 75.8 Å². The van der Waals surface area contributed by atoms with Crippen molar-refractivity contribution in [2.75, 3.05) is 39.6 Å². The molecule has 0 fully saturated rings. The van der Waals surface area contributed by atoms with Gasteiger partial charge in [-0.15, -0.1) is 0 Å². The molecular formula is C101H176O16P2. The Labute approximate surface area is 728 Å². The molecule has 686 valence electrons. The van der Waals surface area contributed by atoms with E-state index in [9.17, 15) is 43.5 Å². The molecule has 16 nitrogen and oxygen atoms in total. The monoisotopic (exact) mass is 1710 g/mol. The molecule has 5 unspecified atom stereocenters. The van der Waals surface area contributed by atoms with Crippen molar-refractivity contribution in [1.29, 1.82) is 0 Å². The molecule has 0 spiro atoms. The van der Waals surface area contributed by atoms with Gasteiger partial charge in [0.1, 0.15) is 25.4 Å². The van der Waals surface area contributed by atoms with E-state index in [1.807, 2.05) is 0 Å². The van der Waals surface area contributed by atoms with Crippen LogP contribution in [0.4, 0.5) is 0 Å². The predicted octanol–water partition coefficient (Wildman–Crippen LogP) is 29.9. The molecule has 119 heavy (non-hydrogen) atoms. The Kier molecular flexibility index (Phi) is 89.1. The van der Waals surface area contributed by atoms with Crippen LogP contribution >= 0.6 is 15.6 Å². The second-order valence-corrected chi connectivity index (χ2v) is 35.0. The molecule has 0 amide bonds. The standard InChI is InChI=1S/C101H176O16P2/c1-4-7-10-13-16-19-22-25-28-30-32-34-36-38-40-42-44-46-47-49-51-52-54-56-58-60-62-64-67-69-72-75-78-81-84-87-99(104)111-90-96(102)91-113-118(107,108)114-92-97(103)93-115-119(109,110)116-95-98(117-101(106)89-86-83-80-77-74-71-66-27-24-21-18-15-12-9-6-3)94-112-100(105)88-85-82-79-76-73-70-68-65-63-61-59-57-55-53-50-48-45-43-41-39-37-35-33-31-29-26-23-20-17-14-11-8-5-2/h8,11,16-21,25-29,32-35,38-41,45,48,66,96-98,102-103H,4-7,9-10,12-15,22-24,30-31,36-37,42-44,46-47,49-65,67-95H2,1-3H3,(H,107,108)(H,109,110)/b11-8-,19-16-,20-17-,21-18-,28-25-,29-26-,34-32-,35-33-,40-38-,41-39-,48-45-,66-27-. The summed E-state index contributed by atoms with van der Waals surface area (Å²) in [5.74, 6) is -1.58. The lowest BCUT2D eigenvalue weighted by molar-refractivity contribution is -0.161. The van der Waals surface area contributed by atoms with Gasteiger partial charge >= 0.3 is 33.6 Å². The summed E-state index contributed by atoms with van der Waals surface area (Å²) in [4.78, 5) is 59.0. The third kappa shape index (κ3) is 94.0. The Morgan fingerprint density at radius 2 is 0.445 bits per heavy atom. The van der Waals surface area contributed by atoms with Gasteiger partial charge in [0.15, 0.2) is 6.10 Å². The van der Waals surface area contributed by atoms with Gasteiger partial charge in [0, 0.05) is 19.3 Å². The Morgan fingerprint density at radius 3 is 0.706 bits per heavy atom. The molecule has 4 N–H and O–H groups in total. The van der Waals surface area contributed by atoms with E-state index in [0.29, 0.717) is 19.3 Å². The van der Waals surface area contributed by atoms with Gasteiger partial charge in [-0.1, -0.05) is 398 Å². The Balaban J connectivity index is 4.41. The van der Waals surface area contributed by atoms with Gasteiger partial charge in [0.05, 0.1) is 26.4 Å². The quantitative estimate of drug-likeness (QED) is 0.0146. The van der Waals surface area contributed by atoms with Crippen molar-refractivity contribution >= 4 is 33.6 Å². The average Bonchev–Trinajstić information content (AvgIpc) is 0.900. The van der Waals surface area contributed by atoms with Crippen molar-refractivity contribution in [2.45, 2.75) is 437 Å². The number of hydrogen-bond acceptors (Lipinski definition) is 14. The summed E-state index contributed by atoms with van der Waals surface area (Å²) in [7, 11) is -9.81. The van der Waals surface area contributed by atoms with Gasteiger partial charge in [-0.3, -0.25) is 32.5 Å². The first kappa shape index (κ1) is 114. The first-order valence-corrected chi connectivity index (χ1v) is 51.1. The smallest absolute Gasteiger partial charge is 0.463 e. The van der Waals surface area contributed by atoms with Crippen molar-refractivity contribution in [3.63, 3.8) is 0 Å². The van der Waals surface area contributed by atoms with E-state index in [1.54, 1.807) is 0 Å². The second-order valence-electron chi connectivity index (χ2n) is 32.1. The molecule has 0 rings (SSSR count). The molecule has 0 aliphatic heterocycles. The minimum absolute atomic E-state index is 0.0878. The number of phosphoric acid groups is 2. The van der Waals surface area contributed by atoms with Crippen LogP contribution in [0.25, 0.3) is 0 Å². The number of unbranched alkanes of at least 4 members (excludes halogenated alkanes) is 44. The second kappa shape index (κ2) is 92.6. The van der Waals surface area contributed by atoms with Crippen molar-refractivity contribution in [1.82, 2.24) is 0 Å². The van der Waals surface area contributed by atoms with Crippen molar-refractivity contribution in [2.24, 2.45) is 0 Å². The number of aliphatic hydroxyl groups excluding tert-OH is 2. The summed E-state index contributed by atoms with van der Waals surface area (Å²) in [5.41, 5.74) is 0. The molecule has 0 saturated carbocycles. The van der Waals surface area contributed by atoms with Crippen LogP contribution < -0.4 is 0 Å². The van der Waals surface area contributed by atoms with E-state index in [0.717, 1.165) is 154 Å². The molecule has 0 bridgehead atoms. The van der Waals surface area contributed by atoms with Gasteiger partial charge in [0.2, 0.25) is 0 Å². The Bertz CT molecular complexity index is 2740. The van der Waals surface area contributed by atoms with Crippen LogP contribution in [-0.2, 0) is 55.8 Å². The molecule has 0 heterocycles. The molecule has 0 aromatic rings. The highest BCUT2D eigenvalue weighted by atomic mass is 31.2. The summed E-state index contributed by atoms with van der Waals surface area (Å²) < 4.78 is 61.4. The molecule has 0 radical (unpaired) electrons. The topological polar surface area (TPSA) is 231 Å². The van der Waals surface area contributed by atoms with Gasteiger partial charge in [-0.05, 0) is 148 Å². The zero-order valence-corrected chi connectivity index (χ0v) is 77.5. The molecule has 18 heteroatoms. The van der Waals surface area contributed by atoms with E-state index in [-0.39, 0.29) is 19.3 Å². The number of ether oxygens (including phenoxy) is 3.